The van der Waals surface area contributed by atoms with Crippen molar-refractivity contribution in [3.63, 3.8) is 0 Å². The number of fused-ring (bicyclic) bond motifs is 3. The van der Waals surface area contributed by atoms with E-state index in [0.29, 0.717) is 23.8 Å². The number of pyridine rings is 2. The Morgan fingerprint density at radius 3 is 2.58 bits per heavy atom. The molecule has 0 amide bonds. The van der Waals surface area contributed by atoms with Crippen molar-refractivity contribution in [2.45, 2.75) is 13.2 Å². The lowest BCUT2D eigenvalue weighted by molar-refractivity contribution is -0.107. The quantitative estimate of drug-likeness (QED) is 0.388. The van der Waals surface area contributed by atoms with Crippen molar-refractivity contribution in [2.24, 2.45) is 0 Å². The van der Waals surface area contributed by atoms with Gasteiger partial charge in [-0.05, 0) is 24.4 Å². The van der Waals surface area contributed by atoms with Crippen LogP contribution in [0, 0.1) is 0 Å². The van der Waals surface area contributed by atoms with E-state index in [9.17, 15) is 0 Å². The smallest absolute Gasteiger partial charge is 0.201 e. The average Bonchev–Trinajstić information content (AvgIpc) is 2.62. The van der Waals surface area contributed by atoms with Gasteiger partial charge >= 0.3 is 0 Å². The number of ether oxygens (including phenoxy) is 3. The molecule has 0 saturated carbocycles. The molecule has 3 aromatic rings. The first-order valence-electron chi connectivity index (χ1n) is 7.76. The average molecular weight is 324 g/mol. The van der Waals surface area contributed by atoms with Gasteiger partial charge in [-0.3, -0.25) is 4.98 Å². The van der Waals surface area contributed by atoms with E-state index in [4.69, 9.17) is 19.2 Å². The fourth-order valence-corrected chi connectivity index (χ4v) is 2.87. The molecule has 3 rings (SSSR count). The fourth-order valence-electron chi connectivity index (χ4n) is 2.87. The molecule has 0 bridgehead atoms. The topological polar surface area (TPSA) is 53.5 Å². The van der Waals surface area contributed by atoms with Crippen molar-refractivity contribution in [3.8, 4) is 0 Å². The first kappa shape index (κ1) is 16.4. The van der Waals surface area contributed by atoms with Gasteiger partial charge in [0.15, 0.2) is 0 Å². The standard InChI is InChI=1S/C19H20N2O3/c1-5-24-12(2)17-16-14(10-11-20-17)13-8-6-7-9-15(13)21-18(16)19(22-3)23-4/h6-11,19H,2,5H2,1,3-4H3. The SMILES string of the molecule is C=C(OCC)c1nccc2c1c(C(OC)OC)nc1ccccc12. The molecule has 0 aliphatic heterocycles. The fraction of sp³-hybridized carbons (Fsp3) is 0.263. The van der Waals surface area contributed by atoms with Gasteiger partial charge in [0.1, 0.15) is 17.1 Å². The molecule has 24 heavy (non-hydrogen) atoms. The van der Waals surface area contributed by atoms with Crippen LogP contribution in [0.2, 0.25) is 0 Å². The minimum atomic E-state index is -0.602. The Labute approximate surface area is 140 Å². The second kappa shape index (κ2) is 6.95. The van der Waals surface area contributed by atoms with E-state index in [1.807, 2.05) is 37.3 Å². The Morgan fingerprint density at radius 1 is 1.12 bits per heavy atom. The van der Waals surface area contributed by atoms with E-state index >= 15 is 0 Å². The van der Waals surface area contributed by atoms with Crippen molar-refractivity contribution in [3.05, 3.63) is 54.5 Å². The van der Waals surface area contributed by atoms with Crippen LogP contribution in [0.15, 0.2) is 43.1 Å². The number of hydrogen-bond acceptors (Lipinski definition) is 5. The third-order valence-electron chi connectivity index (χ3n) is 3.88. The van der Waals surface area contributed by atoms with Gasteiger partial charge in [0.2, 0.25) is 6.29 Å². The maximum Gasteiger partial charge on any atom is 0.201 e. The molecule has 0 atom stereocenters. The molecule has 5 heteroatoms. The van der Waals surface area contributed by atoms with Crippen LogP contribution in [0.25, 0.3) is 27.4 Å². The Morgan fingerprint density at radius 2 is 1.88 bits per heavy atom. The second-order valence-electron chi connectivity index (χ2n) is 5.26. The van der Waals surface area contributed by atoms with Crippen LogP contribution >= 0.6 is 0 Å². The largest absolute Gasteiger partial charge is 0.492 e. The number of rotatable bonds is 6. The molecular formula is C19H20N2O3. The van der Waals surface area contributed by atoms with Gasteiger partial charge in [-0.2, -0.15) is 0 Å². The third-order valence-corrected chi connectivity index (χ3v) is 3.88. The summed E-state index contributed by atoms with van der Waals surface area (Å²) in [5.74, 6) is 0.507. The summed E-state index contributed by atoms with van der Waals surface area (Å²) in [5.41, 5.74) is 2.19. The van der Waals surface area contributed by atoms with Gasteiger partial charge in [0, 0.05) is 31.2 Å². The first-order valence-corrected chi connectivity index (χ1v) is 7.76. The van der Waals surface area contributed by atoms with E-state index < -0.39 is 6.29 Å². The molecular weight excluding hydrogens is 304 g/mol. The molecule has 0 unspecified atom stereocenters. The molecule has 0 radical (unpaired) electrons. The second-order valence-corrected chi connectivity index (χ2v) is 5.26. The van der Waals surface area contributed by atoms with Gasteiger partial charge < -0.3 is 14.2 Å². The number of methoxy groups -OCH3 is 2. The maximum absolute atomic E-state index is 5.58. The van der Waals surface area contributed by atoms with Gasteiger partial charge in [0.25, 0.3) is 0 Å². The maximum atomic E-state index is 5.58. The van der Waals surface area contributed by atoms with Crippen LogP contribution in [-0.2, 0) is 14.2 Å². The van der Waals surface area contributed by atoms with E-state index in [2.05, 4.69) is 11.6 Å². The number of benzene rings is 1. The summed E-state index contributed by atoms with van der Waals surface area (Å²) in [6.07, 6.45) is 1.15. The van der Waals surface area contributed by atoms with Crippen LogP contribution in [0.1, 0.15) is 24.6 Å². The number of nitrogens with zero attached hydrogens (tertiary/aromatic N) is 2. The summed E-state index contributed by atoms with van der Waals surface area (Å²) in [6, 6.07) is 9.92. The van der Waals surface area contributed by atoms with Crippen LogP contribution in [0.3, 0.4) is 0 Å². The Bertz CT molecular complexity index is 888. The number of para-hydroxylation sites is 1. The Hall–Kier alpha value is -2.50. The van der Waals surface area contributed by atoms with Crippen molar-refractivity contribution in [1.82, 2.24) is 9.97 Å². The molecule has 2 aromatic heterocycles. The predicted octanol–water partition coefficient (Wildman–Crippen LogP) is 4.08. The summed E-state index contributed by atoms with van der Waals surface area (Å²) in [7, 11) is 3.18. The van der Waals surface area contributed by atoms with Crippen LogP contribution in [-0.4, -0.2) is 30.8 Å². The van der Waals surface area contributed by atoms with Crippen LogP contribution in [0.5, 0.6) is 0 Å². The van der Waals surface area contributed by atoms with Gasteiger partial charge in [0.05, 0.1) is 12.1 Å². The molecule has 0 aliphatic rings. The molecule has 0 saturated heterocycles. The monoisotopic (exact) mass is 324 g/mol. The normalized spacial score (nSPS) is 11.3. The highest BCUT2D eigenvalue weighted by Gasteiger charge is 2.21. The summed E-state index contributed by atoms with van der Waals surface area (Å²) >= 11 is 0. The molecule has 2 heterocycles. The van der Waals surface area contributed by atoms with Gasteiger partial charge in [-0.15, -0.1) is 0 Å². The van der Waals surface area contributed by atoms with E-state index in [1.54, 1.807) is 20.4 Å². The molecule has 5 nitrogen and oxygen atoms in total. The minimum absolute atomic E-state index is 0.507. The zero-order valence-corrected chi connectivity index (χ0v) is 14.1. The van der Waals surface area contributed by atoms with Gasteiger partial charge in [-0.1, -0.05) is 24.8 Å². The predicted molar refractivity (Wildman–Crippen MR) is 94.5 cm³/mol. The summed E-state index contributed by atoms with van der Waals surface area (Å²) in [4.78, 5) is 9.23. The summed E-state index contributed by atoms with van der Waals surface area (Å²) in [6.45, 7) is 6.44. The highest BCUT2D eigenvalue weighted by atomic mass is 16.7. The molecule has 124 valence electrons. The van der Waals surface area contributed by atoms with Crippen LogP contribution in [0.4, 0.5) is 0 Å². The number of hydrogen-bond donors (Lipinski definition) is 0. The molecule has 0 N–H and O–H groups in total. The van der Waals surface area contributed by atoms with E-state index in [-0.39, 0.29) is 0 Å². The molecule has 1 aromatic carbocycles. The minimum Gasteiger partial charge on any atom is -0.492 e. The van der Waals surface area contributed by atoms with E-state index in [1.165, 1.54) is 0 Å². The van der Waals surface area contributed by atoms with Crippen molar-refractivity contribution >= 4 is 27.4 Å². The highest BCUT2D eigenvalue weighted by Crippen LogP contribution is 2.34. The zero-order valence-electron chi connectivity index (χ0n) is 14.1. The Balaban J connectivity index is 2.42. The van der Waals surface area contributed by atoms with E-state index in [0.717, 1.165) is 21.7 Å². The lowest BCUT2D eigenvalue weighted by Crippen LogP contribution is -2.09. The first-order chi connectivity index (χ1) is 11.7. The lowest BCUT2D eigenvalue weighted by atomic mass is 10.0. The summed E-state index contributed by atoms with van der Waals surface area (Å²) in [5, 5.41) is 2.89. The lowest BCUT2D eigenvalue weighted by Gasteiger charge is -2.19. The highest BCUT2D eigenvalue weighted by molar-refractivity contribution is 6.09. The van der Waals surface area contributed by atoms with Crippen molar-refractivity contribution in [1.29, 1.82) is 0 Å². The Kier molecular flexibility index (Phi) is 4.74. The third kappa shape index (κ3) is 2.72. The molecule has 0 aliphatic carbocycles. The van der Waals surface area contributed by atoms with Crippen LogP contribution < -0.4 is 0 Å². The van der Waals surface area contributed by atoms with Crippen molar-refractivity contribution in [2.75, 3.05) is 20.8 Å². The summed E-state index contributed by atoms with van der Waals surface area (Å²) < 4.78 is 16.5. The zero-order chi connectivity index (χ0) is 17.1. The van der Waals surface area contributed by atoms with Crippen molar-refractivity contribution < 1.29 is 14.2 Å². The molecule has 0 spiro atoms. The van der Waals surface area contributed by atoms with Gasteiger partial charge in [-0.25, -0.2) is 4.98 Å². The molecule has 0 fully saturated rings. The number of aromatic nitrogens is 2.